The van der Waals surface area contributed by atoms with Crippen LogP contribution in [0.1, 0.15) is 24.5 Å². The molecule has 1 aliphatic heterocycles. The van der Waals surface area contributed by atoms with Crippen LogP contribution in [0.3, 0.4) is 0 Å². The van der Waals surface area contributed by atoms with Crippen molar-refractivity contribution in [1.82, 2.24) is 14.3 Å². The molecule has 17 heavy (non-hydrogen) atoms. The number of pyridine rings is 1. The summed E-state index contributed by atoms with van der Waals surface area (Å²) in [6.07, 6.45) is 6.29. The summed E-state index contributed by atoms with van der Waals surface area (Å²) in [6, 6.07) is 3.52. The summed E-state index contributed by atoms with van der Waals surface area (Å²) in [5, 5.41) is 9.73. The van der Waals surface area contributed by atoms with E-state index in [-0.39, 0.29) is 5.75 Å². The first kappa shape index (κ1) is 10.6. The molecule has 90 valence electrons. The maximum atomic E-state index is 9.73. The van der Waals surface area contributed by atoms with Crippen LogP contribution in [0.4, 0.5) is 0 Å². The maximum absolute atomic E-state index is 9.73. The molecular formula is C13H17N3O. The fourth-order valence-corrected chi connectivity index (χ4v) is 2.52. The van der Waals surface area contributed by atoms with Crippen LogP contribution in [0.25, 0.3) is 5.65 Å². The molecule has 1 N–H and O–H groups in total. The van der Waals surface area contributed by atoms with Gasteiger partial charge >= 0.3 is 0 Å². The van der Waals surface area contributed by atoms with E-state index in [9.17, 15) is 5.11 Å². The Kier molecular flexibility index (Phi) is 2.52. The van der Waals surface area contributed by atoms with Crippen LogP contribution in [-0.4, -0.2) is 39.5 Å². The second kappa shape index (κ2) is 4.04. The molecule has 0 atom stereocenters. The second-order valence-corrected chi connectivity index (χ2v) is 4.87. The minimum atomic E-state index is 0.256. The third-order valence-corrected chi connectivity index (χ3v) is 3.62. The summed E-state index contributed by atoms with van der Waals surface area (Å²) >= 11 is 0. The molecule has 1 saturated heterocycles. The van der Waals surface area contributed by atoms with Gasteiger partial charge in [0.25, 0.3) is 0 Å². The minimum Gasteiger partial charge on any atom is -0.504 e. The van der Waals surface area contributed by atoms with Gasteiger partial charge in [0.1, 0.15) is 0 Å². The SMILES string of the molecule is CN1CCC(c2cn3cccc(O)c3n2)CC1. The molecule has 3 rings (SSSR count). The van der Waals surface area contributed by atoms with Gasteiger partial charge in [0, 0.05) is 18.3 Å². The molecule has 4 nitrogen and oxygen atoms in total. The van der Waals surface area contributed by atoms with E-state index in [1.165, 1.54) is 0 Å². The summed E-state index contributed by atoms with van der Waals surface area (Å²) in [4.78, 5) is 6.91. The van der Waals surface area contributed by atoms with E-state index in [0.717, 1.165) is 31.6 Å². The third-order valence-electron chi connectivity index (χ3n) is 3.62. The van der Waals surface area contributed by atoms with Crippen molar-refractivity contribution in [3.8, 4) is 5.75 Å². The Morgan fingerprint density at radius 3 is 2.82 bits per heavy atom. The molecule has 0 aliphatic carbocycles. The average molecular weight is 231 g/mol. The molecule has 4 heteroatoms. The number of hydrogen-bond acceptors (Lipinski definition) is 3. The zero-order chi connectivity index (χ0) is 11.8. The Hall–Kier alpha value is -1.55. The predicted molar refractivity (Wildman–Crippen MR) is 66.3 cm³/mol. The molecule has 3 heterocycles. The lowest BCUT2D eigenvalue weighted by atomic mass is 9.94. The van der Waals surface area contributed by atoms with Crippen LogP contribution < -0.4 is 0 Å². The summed E-state index contributed by atoms with van der Waals surface area (Å²) in [7, 11) is 2.16. The van der Waals surface area contributed by atoms with E-state index in [4.69, 9.17) is 0 Å². The minimum absolute atomic E-state index is 0.256. The van der Waals surface area contributed by atoms with Crippen molar-refractivity contribution >= 4 is 5.65 Å². The topological polar surface area (TPSA) is 40.8 Å². The predicted octanol–water partition coefficient (Wildman–Crippen LogP) is 1.85. The first-order valence-corrected chi connectivity index (χ1v) is 6.09. The molecule has 1 fully saturated rings. The van der Waals surface area contributed by atoms with Crippen LogP contribution in [0.5, 0.6) is 5.75 Å². The van der Waals surface area contributed by atoms with Crippen molar-refractivity contribution in [1.29, 1.82) is 0 Å². The van der Waals surface area contributed by atoms with Gasteiger partial charge in [-0.3, -0.25) is 0 Å². The van der Waals surface area contributed by atoms with Crippen molar-refractivity contribution in [3.63, 3.8) is 0 Å². The quantitative estimate of drug-likeness (QED) is 0.814. The highest BCUT2D eigenvalue weighted by Crippen LogP contribution is 2.28. The Balaban J connectivity index is 1.93. The number of aromatic hydroxyl groups is 1. The Labute approximate surface area is 101 Å². The molecule has 0 radical (unpaired) electrons. The van der Waals surface area contributed by atoms with Crippen molar-refractivity contribution in [2.24, 2.45) is 0 Å². The fourth-order valence-electron chi connectivity index (χ4n) is 2.52. The number of rotatable bonds is 1. The Morgan fingerprint density at radius 1 is 1.35 bits per heavy atom. The van der Waals surface area contributed by atoms with Crippen LogP contribution in [0.2, 0.25) is 0 Å². The lowest BCUT2D eigenvalue weighted by Crippen LogP contribution is -2.29. The van der Waals surface area contributed by atoms with E-state index in [1.54, 1.807) is 6.07 Å². The fraction of sp³-hybridized carbons (Fsp3) is 0.462. The number of nitrogens with zero attached hydrogens (tertiary/aromatic N) is 3. The van der Waals surface area contributed by atoms with Gasteiger partial charge in [-0.15, -0.1) is 0 Å². The molecular weight excluding hydrogens is 214 g/mol. The monoisotopic (exact) mass is 231 g/mol. The Morgan fingerprint density at radius 2 is 2.12 bits per heavy atom. The van der Waals surface area contributed by atoms with E-state index in [2.05, 4.69) is 16.9 Å². The van der Waals surface area contributed by atoms with Gasteiger partial charge in [-0.25, -0.2) is 4.98 Å². The summed E-state index contributed by atoms with van der Waals surface area (Å²) in [6.45, 7) is 2.26. The molecule has 2 aromatic rings. The summed E-state index contributed by atoms with van der Waals surface area (Å²) < 4.78 is 1.91. The molecule has 0 amide bonds. The lowest BCUT2D eigenvalue weighted by Gasteiger charge is -2.27. The highest BCUT2D eigenvalue weighted by Gasteiger charge is 2.21. The van der Waals surface area contributed by atoms with Crippen molar-refractivity contribution in [2.45, 2.75) is 18.8 Å². The van der Waals surface area contributed by atoms with Crippen LogP contribution >= 0.6 is 0 Å². The van der Waals surface area contributed by atoms with E-state index < -0.39 is 0 Å². The van der Waals surface area contributed by atoms with Gasteiger partial charge in [0.2, 0.25) is 0 Å². The average Bonchev–Trinajstić information content (AvgIpc) is 2.75. The maximum Gasteiger partial charge on any atom is 0.179 e. The number of hydrogen-bond donors (Lipinski definition) is 1. The summed E-state index contributed by atoms with van der Waals surface area (Å²) in [5.74, 6) is 0.789. The van der Waals surface area contributed by atoms with Crippen molar-refractivity contribution in [2.75, 3.05) is 20.1 Å². The zero-order valence-corrected chi connectivity index (χ0v) is 10.0. The molecule has 0 saturated carbocycles. The number of aromatic nitrogens is 2. The standard InChI is InChI=1S/C13H17N3O/c1-15-7-4-10(5-8-15)11-9-16-6-2-3-12(17)13(16)14-11/h2-3,6,9-10,17H,4-5,7-8H2,1H3. The first-order chi connectivity index (χ1) is 8.24. The first-order valence-electron chi connectivity index (χ1n) is 6.09. The molecule has 0 spiro atoms. The highest BCUT2D eigenvalue weighted by molar-refractivity contribution is 5.53. The number of fused-ring (bicyclic) bond motifs is 1. The van der Waals surface area contributed by atoms with Crippen LogP contribution in [0.15, 0.2) is 24.5 Å². The lowest BCUT2D eigenvalue weighted by molar-refractivity contribution is 0.253. The van der Waals surface area contributed by atoms with E-state index in [0.29, 0.717) is 11.6 Å². The smallest absolute Gasteiger partial charge is 0.179 e. The van der Waals surface area contributed by atoms with Gasteiger partial charge in [-0.1, -0.05) is 0 Å². The largest absolute Gasteiger partial charge is 0.504 e. The van der Waals surface area contributed by atoms with Gasteiger partial charge in [0.05, 0.1) is 5.69 Å². The molecule has 2 aromatic heterocycles. The number of imidazole rings is 1. The van der Waals surface area contributed by atoms with Gasteiger partial charge in [-0.2, -0.15) is 0 Å². The molecule has 0 bridgehead atoms. The van der Waals surface area contributed by atoms with Crippen LogP contribution in [-0.2, 0) is 0 Å². The molecule has 0 unspecified atom stereocenters. The zero-order valence-electron chi connectivity index (χ0n) is 10.0. The Bertz CT molecular complexity index is 526. The van der Waals surface area contributed by atoms with Gasteiger partial charge < -0.3 is 14.4 Å². The number of likely N-dealkylation sites (tertiary alicyclic amines) is 1. The second-order valence-electron chi connectivity index (χ2n) is 4.87. The van der Waals surface area contributed by atoms with Crippen molar-refractivity contribution in [3.05, 3.63) is 30.2 Å². The number of piperidine rings is 1. The summed E-state index contributed by atoms with van der Waals surface area (Å²) in [5.41, 5.74) is 1.78. The van der Waals surface area contributed by atoms with Gasteiger partial charge in [0.15, 0.2) is 11.4 Å². The third kappa shape index (κ3) is 1.89. The highest BCUT2D eigenvalue weighted by atomic mass is 16.3. The molecule has 0 aromatic carbocycles. The van der Waals surface area contributed by atoms with E-state index >= 15 is 0 Å². The van der Waals surface area contributed by atoms with Crippen molar-refractivity contribution < 1.29 is 5.11 Å². The normalized spacial score (nSPS) is 18.9. The van der Waals surface area contributed by atoms with Crippen LogP contribution in [0, 0.1) is 0 Å². The van der Waals surface area contributed by atoms with Gasteiger partial charge in [-0.05, 0) is 45.1 Å². The van der Waals surface area contributed by atoms with E-state index in [1.807, 2.05) is 22.9 Å². The molecule has 1 aliphatic rings.